The molecule has 1 aliphatic rings. The van der Waals surface area contributed by atoms with Crippen LogP contribution in [0.5, 0.6) is 0 Å². The summed E-state index contributed by atoms with van der Waals surface area (Å²) in [5.41, 5.74) is 6.32. The summed E-state index contributed by atoms with van der Waals surface area (Å²) in [6.07, 6.45) is 0.968. The summed E-state index contributed by atoms with van der Waals surface area (Å²) in [5.74, 6) is 0.173. The van der Waals surface area contributed by atoms with Crippen LogP contribution >= 0.6 is 11.3 Å². The Hall–Kier alpha value is -0.910. The van der Waals surface area contributed by atoms with Crippen LogP contribution in [0.25, 0.3) is 0 Å². The molecule has 1 saturated heterocycles. The molecule has 2 rings (SSSR count). The van der Waals surface area contributed by atoms with Crippen molar-refractivity contribution in [3.05, 3.63) is 22.4 Å². The van der Waals surface area contributed by atoms with Crippen LogP contribution < -0.4 is 5.73 Å². The first kappa shape index (κ1) is 14.5. The van der Waals surface area contributed by atoms with E-state index < -0.39 is 0 Å². The molecule has 1 aliphatic heterocycles. The fraction of sp³-hybridized carbons (Fsp3) is 0.643. The van der Waals surface area contributed by atoms with E-state index in [1.807, 2.05) is 4.90 Å². The summed E-state index contributed by atoms with van der Waals surface area (Å²) in [6, 6.07) is 4.70. The molecule has 0 aromatic carbocycles. The van der Waals surface area contributed by atoms with Crippen molar-refractivity contribution in [3.8, 4) is 0 Å². The van der Waals surface area contributed by atoms with E-state index in [0.29, 0.717) is 6.04 Å². The molecule has 0 spiro atoms. The van der Waals surface area contributed by atoms with Gasteiger partial charge in [-0.3, -0.25) is 9.69 Å². The highest BCUT2D eigenvalue weighted by molar-refractivity contribution is 7.10. The Kier molecular flexibility index (Phi) is 4.96. The molecule has 2 unspecified atom stereocenters. The topological polar surface area (TPSA) is 49.6 Å². The van der Waals surface area contributed by atoms with Gasteiger partial charge in [0.25, 0.3) is 0 Å². The number of hydrogen-bond acceptors (Lipinski definition) is 4. The molecule has 0 aliphatic carbocycles. The van der Waals surface area contributed by atoms with Crippen molar-refractivity contribution in [1.29, 1.82) is 0 Å². The van der Waals surface area contributed by atoms with Crippen molar-refractivity contribution in [1.82, 2.24) is 9.80 Å². The molecule has 2 N–H and O–H groups in total. The molecule has 5 heteroatoms. The van der Waals surface area contributed by atoms with Crippen molar-refractivity contribution in [2.75, 3.05) is 26.2 Å². The number of piperazine rings is 1. The van der Waals surface area contributed by atoms with Crippen LogP contribution in [0.2, 0.25) is 0 Å². The normalized spacial score (nSPS) is 20.3. The molecule has 1 fully saturated rings. The minimum Gasteiger partial charge on any atom is -0.340 e. The van der Waals surface area contributed by atoms with Crippen LogP contribution in [-0.4, -0.2) is 47.9 Å². The summed E-state index contributed by atoms with van der Waals surface area (Å²) in [4.78, 5) is 17.1. The molecule has 106 valence electrons. The standard InChI is InChI=1S/C14H23N3OS/c1-3-12(15)14(13-5-4-10-19-13)17-8-6-16(7-9-17)11(2)18/h4-5,10,12,14H,3,6-9,15H2,1-2H3. The highest BCUT2D eigenvalue weighted by atomic mass is 32.1. The predicted octanol–water partition coefficient (Wildman–Crippen LogP) is 1.69. The lowest BCUT2D eigenvalue weighted by Gasteiger charge is -2.40. The zero-order valence-electron chi connectivity index (χ0n) is 11.7. The minimum atomic E-state index is 0.155. The quantitative estimate of drug-likeness (QED) is 0.913. The fourth-order valence-electron chi connectivity index (χ4n) is 2.66. The van der Waals surface area contributed by atoms with Gasteiger partial charge in [-0.15, -0.1) is 11.3 Å². The van der Waals surface area contributed by atoms with Gasteiger partial charge in [-0.1, -0.05) is 13.0 Å². The summed E-state index contributed by atoms with van der Waals surface area (Å²) < 4.78 is 0. The zero-order valence-corrected chi connectivity index (χ0v) is 12.5. The van der Waals surface area contributed by atoms with Gasteiger partial charge >= 0.3 is 0 Å². The highest BCUT2D eigenvalue weighted by Gasteiger charge is 2.29. The van der Waals surface area contributed by atoms with Crippen molar-refractivity contribution in [2.45, 2.75) is 32.4 Å². The third-order valence-electron chi connectivity index (χ3n) is 3.86. The largest absolute Gasteiger partial charge is 0.340 e. The molecule has 0 saturated carbocycles. The lowest BCUT2D eigenvalue weighted by Crippen LogP contribution is -2.52. The number of hydrogen-bond donors (Lipinski definition) is 1. The second kappa shape index (κ2) is 6.50. The van der Waals surface area contributed by atoms with E-state index in [9.17, 15) is 4.79 Å². The van der Waals surface area contributed by atoms with Crippen molar-refractivity contribution < 1.29 is 4.79 Å². The van der Waals surface area contributed by atoms with Gasteiger partial charge in [0.2, 0.25) is 5.91 Å². The van der Waals surface area contributed by atoms with Gasteiger partial charge in [0, 0.05) is 44.0 Å². The van der Waals surface area contributed by atoms with E-state index in [2.05, 4.69) is 29.3 Å². The number of thiophene rings is 1. The molecule has 4 nitrogen and oxygen atoms in total. The predicted molar refractivity (Wildman–Crippen MR) is 79.2 cm³/mol. The summed E-state index contributed by atoms with van der Waals surface area (Å²) in [5, 5.41) is 2.11. The number of carbonyl (C=O) groups excluding carboxylic acids is 1. The molecule has 0 bridgehead atoms. The van der Waals surface area contributed by atoms with Gasteiger partial charge in [0.1, 0.15) is 0 Å². The van der Waals surface area contributed by atoms with Crippen LogP contribution in [0.4, 0.5) is 0 Å². The maximum Gasteiger partial charge on any atom is 0.219 e. The molecular formula is C14H23N3OS. The van der Waals surface area contributed by atoms with Gasteiger partial charge in [-0.25, -0.2) is 0 Å². The van der Waals surface area contributed by atoms with E-state index in [1.54, 1.807) is 18.3 Å². The average molecular weight is 281 g/mol. The van der Waals surface area contributed by atoms with Crippen LogP contribution in [0.1, 0.15) is 31.2 Å². The summed E-state index contributed by atoms with van der Waals surface area (Å²) in [7, 11) is 0. The first-order valence-corrected chi connectivity index (χ1v) is 7.80. The molecule has 1 aromatic heterocycles. The van der Waals surface area contributed by atoms with E-state index in [0.717, 1.165) is 32.6 Å². The Morgan fingerprint density at radius 2 is 2.11 bits per heavy atom. The van der Waals surface area contributed by atoms with Gasteiger partial charge in [0.15, 0.2) is 0 Å². The van der Waals surface area contributed by atoms with E-state index in [1.165, 1.54) is 4.88 Å². The minimum absolute atomic E-state index is 0.155. The Morgan fingerprint density at radius 3 is 2.58 bits per heavy atom. The Balaban J connectivity index is 2.07. The molecule has 0 radical (unpaired) electrons. The molecular weight excluding hydrogens is 258 g/mol. The SMILES string of the molecule is CCC(N)C(c1cccs1)N1CCN(C(C)=O)CC1. The average Bonchev–Trinajstić information content (AvgIpc) is 2.93. The fourth-order valence-corrected chi connectivity index (χ4v) is 3.59. The first-order valence-electron chi connectivity index (χ1n) is 6.92. The first-order chi connectivity index (χ1) is 9.13. The van der Waals surface area contributed by atoms with Crippen LogP contribution in [0, 0.1) is 0 Å². The van der Waals surface area contributed by atoms with Crippen LogP contribution in [0.3, 0.4) is 0 Å². The second-order valence-electron chi connectivity index (χ2n) is 5.07. The number of nitrogens with zero attached hydrogens (tertiary/aromatic N) is 2. The molecule has 19 heavy (non-hydrogen) atoms. The van der Waals surface area contributed by atoms with E-state index in [4.69, 9.17) is 5.73 Å². The third kappa shape index (κ3) is 3.35. The van der Waals surface area contributed by atoms with Crippen molar-refractivity contribution in [2.24, 2.45) is 5.73 Å². The monoisotopic (exact) mass is 281 g/mol. The maximum absolute atomic E-state index is 11.4. The van der Waals surface area contributed by atoms with Gasteiger partial charge in [-0.05, 0) is 17.9 Å². The highest BCUT2D eigenvalue weighted by Crippen LogP contribution is 2.29. The van der Waals surface area contributed by atoms with Gasteiger partial charge in [0.05, 0.1) is 6.04 Å². The van der Waals surface area contributed by atoms with Gasteiger partial charge in [-0.2, -0.15) is 0 Å². The van der Waals surface area contributed by atoms with Crippen LogP contribution in [0.15, 0.2) is 17.5 Å². The number of amides is 1. The number of carbonyl (C=O) groups is 1. The second-order valence-corrected chi connectivity index (χ2v) is 6.05. The molecule has 1 amide bonds. The Labute approximate surface area is 119 Å². The van der Waals surface area contributed by atoms with Crippen LogP contribution in [-0.2, 0) is 4.79 Å². The zero-order chi connectivity index (χ0) is 13.8. The Morgan fingerprint density at radius 1 is 1.42 bits per heavy atom. The lowest BCUT2D eigenvalue weighted by atomic mass is 10.0. The van der Waals surface area contributed by atoms with Crippen molar-refractivity contribution in [3.63, 3.8) is 0 Å². The van der Waals surface area contributed by atoms with Crippen molar-refractivity contribution >= 4 is 17.2 Å². The number of rotatable bonds is 4. The summed E-state index contributed by atoms with van der Waals surface area (Å²) in [6.45, 7) is 7.23. The maximum atomic E-state index is 11.4. The molecule has 2 atom stereocenters. The van der Waals surface area contributed by atoms with E-state index >= 15 is 0 Å². The van der Waals surface area contributed by atoms with E-state index in [-0.39, 0.29) is 11.9 Å². The number of nitrogens with two attached hydrogens (primary N) is 1. The Bertz CT molecular complexity index is 399. The third-order valence-corrected chi connectivity index (χ3v) is 4.81. The lowest BCUT2D eigenvalue weighted by molar-refractivity contribution is -0.130. The smallest absolute Gasteiger partial charge is 0.219 e. The molecule has 1 aromatic rings. The molecule has 2 heterocycles. The van der Waals surface area contributed by atoms with Gasteiger partial charge < -0.3 is 10.6 Å². The summed E-state index contributed by atoms with van der Waals surface area (Å²) >= 11 is 1.77.